The third-order valence-electron chi connectivity index (χ3n) is 3.02. The summed E-state index contributed by atoms with van der Waals surface area (Å²) in [6.07, 6.45) is 0. The van der Waals surface area contributed by atoms with Crippen molar-refractivity contribution in [1.82, 2.24) is 10.2 Å². The Morgan fingerprint density at radius 3 is 3.19 bits per heavy atom. The zero-order valence-corrected chi connectivity index (χ0v) is 10.0. The Labute approximate surface area is 98.9 Å². The maximum atomic E-state index is 11.2. The smallest absolute Gasteiger partial charge is 0.322 e. The third kappa shape index (κ3) is 2.26. The van der Waals surface area contributed by atoms with Crippen molar-refractivity contribution in [3.63, 3.8) is 0 Å². The van der Waals surface area contributed by atoms with Gasteiger partial charge in [0, 0.05) is 30.6 Å². The number of nitrogens with zero attached hydrogens (tertiary/aromatic N) is 1. The van der Waals surface area contributed by atoms with Crippen LogP contribution in [0.1, 0.15) is 17.8 Å². The van der Waals surface area contributed by atoms with E-state index < -0.39 is 12.0 Å². The Morgan fingerprint density at radius 2 is 2.56 bits per heavy atom. The molecule has 2 heterocycles. The van der Waals surface area contributed by atoms with E-state index in [-0.39, 0.29) is 6.04 Å². The lowest BCUT2D eigenvalue weighted by atomic mass is 10.1. The predicted molar refractivity (Wildman–Crippen MR) is 63.7 cm³/mol. The van der Waals surface area contributed by atoms with Gasteiger partial charge in [0.25, 0.3) is 0 Å². The molecular formula is C11H16N2O2S. The average Bonchev–Trinajstić information content (AvgIpc) is 2.81. The first-order chi connectivity index (χ1) is 7.70. The molecule has 1 aliphatic rings. The summed E-state index contributed by atoms with van der Waals surface area (Å²) in [6, 6.07) is 3.85. The van der Waals surface area contributed by atoms with Crippen LogP contribution in [0.3, 0.4) is 0 Å². The SMILES string of the molecule is CC(c1cccs1)N1CCNCC1C(=O)O. The van der Waals surface area contributed by atoms with E-state index in [0.29, 0.717) is 6.54 Å². The molecule has 1 fully saturated rings. The van der Waals surface area contributed by atoms with Crippen molar-refractivity contribution < 1.29 is 9.90 Å². The van der Waals surface area contributed by atoms with E-state index in [2.05, 4.69) is 23.2 Å². The van der Waals surface area contributed by atoms with Crippen LogP contribution in [0.5, 0.6) is 0 Å². The number of thiophene rings is 1. The molecule has 0 bridgehead atoms. The lowest BCUT2D eigenvalue weighted by Crippen LogP contribution is -2.55. The fourth-order valence-corrected chi connectivity index (χ4v) is 2.91. The van der Waals surface area contributed by atoms with Crippen molar-refractivity contribution in [3.8, 4) is 0 Å². The van der Waals surface area contributed by atoms with Crippen LogP contribution in [0.4, 0.5) is 0 Å². The predicted octanol–water partition coefficient (Wildman–Crippen LogP) is 1.17. The summed E-state index contributed by atoms with van der Waals surface area (Å²) in [7, 11) is 0. The molecule has 0 spiro atoms. The first-order valence-electron chi connectivity index (χ1n) is 5.43. The molecular weight excluding hydrogens is 224 g/mol. The Balaban J connectivity index is 2.14. The van der Waals surface area contributed by atoms with Crippen molar-refractivity contribution >= 4 is 17.3 Å². The first-order valence-corrected chi connectivity index (χ1v) is 6.31. The molecule has 2 atom stereocenters. The molecule has 1 aromatic heterocycles. The lowest BCUT2D eigenvalue weighted by Gasteiger charge is -2.37. The number of nitrogens with one attached hydrogen (secondary N) is 1. The van der Waals surface area contributed by atoms with Crippen molar-refractivity contribution in [2.75, 3.05) is 19.6 Å². The molecule has 0 radical (unpaired) electrons. The van der Waals surface area contributed by atoms with E-state index in [0.717, 1.165) is 13.1 Å². The molecule has 5 heteroatoms. The standard InChI is InChI=1S/C11H16N2O2S/c1-8(10-3-2-6-16-10)13-5-4-12-7-9(13)11(14)15/h2-3,6,8-9,12H,4-5,7H2,1H3,(H,14,15). The van der Waals surface area contributed by atoms with Gasteiger partial charge in [-0.25, -0.2) is 0 Å². The van der Waals surface area contributed by atoms with Crippen molar-refractivity contribution in [2.45, 2.75) is 19.0 Å². The van der Waals surface area contributed by atoms with Gasteiger partial charge in [0.1, 0.15) is 6.04 Å². The van der Waals surface area contributed by atoms with Crippen LogP contribution in [0.15, 0.2) is 17.5 Å². The number of rotatable bonds is 3. The number of hydrogen-bond acceptors (Lipinski definition) is 4. The summed E-state index contributed by atoms with van der Waals surface area (Å²) in [5, 5.41) is 14.3. The molecule has 88 valence electrons. The molecule has 2 N–H and O–H groups in total. The van der Waals surface area contributed by atoms with Gasteiger partial charge in [0.2, 0.25) is 0 Å². The Hall–Kier alpha value is -0.910. The zero-order chi connectivity index (χ0) is 11.5. The second kappa shape index (κ2) is 4.95. The van der Waals surface area contributed by atoms with E-state index in [1.54, 1.807) is 11.3 Å². The summed E-state index contributed by atoms with van der Waals surface area (Å²) in [5.41, 5.74) is 0. The Bertz CT molecular complexity index is 353. The van der Waals surface area contributed by atoms with Crippen molar-refractivity contribution in [1.29, 1.82) is 0 Å². The average molecular weight is 240 g/mol. The van der Waals surface area contributed by atoms with E-state index in [1.165, 1.54) is 4.88 Å². The highest BCUT2D eigenvalue weighted by molar-refractivity contribution is 7.10. The van der Waals surface area contributed by atoms with Crippen LogP contribution in [0, 0.1) is 0 Å². The number of carboxylic acids is 1. The quantitative estimate of drug-likeness (QED) is 0.832. The number of aliphatic carboxylic acids is 1. The first kappa shape index (κ1) is 11.6. The normalized spacial score (nSPS) is 24.2. The minimum absolute atomic E-state index is 0.184. The highest BCUT2D eigenvalue weighted by Gasteiger charge is 2.32. The summed E-state index contributed by atoms with van der Waals surface area (Å²) in [4.78, 5) is 14.5. The van der Waals surface area contributed by atoms with Crippen LogP contribution in [0.25, 0.3) is 0 Å². The third-order valence-corrected chi connectivity index (χ3v) is 4.06. The molecule has 1 aliphatic heterocycles. The van der Waals surface area contributed by atoms with Crippen LogP contribution >= 0.6 is 11.3 Å². The molecule has 4 nitrogen and oxygen atoms in total. The molecule has 0 saturated carbocycles. The van der Waals surface area contributed by atoms with Gasteiger partial charge in [-0.2, -0.15) is 0 Å². The van der Waals surface area contributed by atoms with Gasteiger partial charge in [-0.3, -0.25) is 9.69 Å². The minimum Gasteiger partial charge on any atom is -0.480 e. The summed E-state index contributed by atoms with van der Waals surface area (Å²) in [5.74, 6) is -0.740. The number of carbonyl (C=O) groups is 1. The zero-order valence-electron chi connectivity index (χ0n) is 9.22. The van der Waals surface area contributed by atoms with Gasteiger partial charge in [-0.05, 0) is 18.4 Å². The molecule has 2 unspecified atom stereocenters. The van der Waals surface area contributed by atoms with Gasteiger partial charge in [0.15, 0.2) is 0 Å². The second-order valence-electron chi connectivity index (χ2n) is 3.99. The van der Waals surface area contributed by atoms with E-state index in [1.807, 2.05) is 11.4 Å². The molecule has 0 amide bonds. The molecule has 16 heavy (non-hydrogen) atoms. The molecule has 2 rings (SSSR count). The topological polar surface area (TPSA) is 52.6 Å². The Kier molecular flexibility index (Phi) is 3.58. The van der Waals surface area contributed by atoms with Crippen molar-refractivity contribution in [3.05, 3.63) is 22.4 Å². The highest BCUT2D eigenvalue weighted by atomic mass is 32.1. The van der Waals surface area contributed by atoms with Crippen molar-refractivity contribution in [2.24, 2.45) is 0 Å². The van der Waals surface area contributed by atoms with Crippen LogP contribution in [-0.2, 0) is 4.79 Å². The summed E-state index contributed by atoms with van der Waals surface area (Å²) < 4.78 is 0. The lowest BCUT2D eigenvalue weighted by molar-refractivity contribution is -0.145. The molecule has 0 aromatic carbocycles. The summed E-state index contributed by atoms with van der Waals surface area (Å²) in [6.45, 7) is 4.26. The van der Waals surface area contributed by atoms with Crippen LogP contribution in [-0.4, -0.2) is 41.7 Å². The van der Waals surface area contributed by atoms with Gasteiger partial charge in [-0.15, -0.1) is 11.3 Å². The maximum Gasteiger partial charge on any atom is 0.322 e. The molecule has 1 aromatic rings. The van der Waals surface area contributed by atoms with E-state index >= 15 is 0 Å². The highest BCUT2D eigenvalue weighted by Crippen LogP contribution is 2.26. The minimum atomic E-state index is -0.740. The monoisotopic (exact) mass is 240 g/mol. The van der Waals surface area contributed by atoms with Gasteiger partial charge >= 0.3 is 5.97 Å². The molecule has 0 aliphatic carbocycles. The van der Waals surface area contributed by atoms with E-state index in [4.69, 9.17) is 0 Å². The largest absolute Gasteiger partial charge is 0.480 e. The maximum absolute atomic E-state index is 11.2. The second-order valence-corrected chi connectivity index (χ2v) is 4.97. The fourth-order valence-electron chi connectivity index (χ4n) is 2.11. The number of hydrogen-bond donors (Lipinski definition) is 2. The van der Waals surface area contributed by atoms with Gasteiger partial charge < -0.3 is 10.4 Å². The fraction of sp³-hybridized carbons (Fsp3) is 0.545. The molecule has 1 saturated heterocycles. The van der Waals surface area contributed by atoms with Gasteiger partial charge in [-0.1, -0.05) is 6.07 Å². The number of carboxylic acid groups (broad SMARTS) is 1. The Morgan fingerprint density at radius 1 is 1.75 bits per heavy atom. The van der Waals surface area contributed by atoms with Gasteiger partial charge in [0.05, 0.1) is 0 Å². The number of piperazine rings is 1. The summed E-state index contributed by atoms with van der Waals surface area (Å²) >= 11 is 1.68. The van der Waals surface area contributed by atoms with E-state index in [9.17, 15) is 9.90 Å². The van der Waals surface area contributed by atoms with Crippen LogP contribution < -0.4 is 5.32 Å². The van der Waals surface area contributed by atoms with Crippen LogP contribution in [0.2, 0.25) is 0 Å².